The summed E-state index contributed by atoms with van der Waals surface area (Å²) in [6.45, 7) is 1.87. The summed E-state index contributed by atoms with van der Waals surface area (Å²) < 4.78 is 0. The SMILES string of the molecule is Cc1cccc(Cl)c1NC(=O)c1cnccc1N. The smallest absolute Gasteiger partial charge is 0.259 e. The molecule has 5 heteroatoms. The van der Waals surface area contributed by atoms with E-state index in [0.29, 0.717) is 22.0 Å². The van der Waals surface area contributed by atoms with Gasteiger partial charge in [0.05, 0.1) is 16.3 Å². The van der Waals surface area contributed by atoms with E-state index in [-0.39, 0.29) is 5.91 Å². The summed E-state index contributed by atoms with van der Waals surface area (Å²) in [4.78, 5) is 15.9. The second kappa shape index (κ2) is 5.06. The van der Waals surface area contributed by atoms with Crippen LogP contribution in [0.5, 0.6) is 0 Å². The van der Waals surface area contributed by atoms with E-state index in [4.69, 9.17) is 17.3 Å². The number of aryl methyl sites for hydroxylation is 1. The Labute approximate surface area is 110 Å². The zero-order chi connectivity index (χ0) is 13.1. The third-order valence-corrected chi connectivity index (χ3v) is 2.87. The first-order valence-electron chi connectivity index (χ1n) is 5.35. The number of nitrogens with zero attached hydrogens (tertiary/aromatic N) is 1. The minimum absolute atomic E-state index is 0.322. The summed E-state index contributed by atoms with van der Waals surface area (Å²) in [5.74, 6) is -0.322. The Morgan fingerprint density at radius 3 is 2.83 bits per heavy atom. The maximum atomic E-state index is 12.0. The number of carbonyl (C=O) groups excluding carboxylic acids is 1. The van der Waals surface area contributed by atoms with Crippen molar-refractivity contribution < 1.29 is 4.79 Å². The van der Waals surface area contributed by atoms with Crippen LogP contribution >= 0.6 is 11.6 Å². The number of benzene rings is 1. The average Bonchev–Trinajstić information content (AvgIpc) is 2.34. The van der Waals surface area contributed by atoms with Crippen molar-refractivity contribution in [2.45, 2.75) is 6.92 Å². The van der Waals surface area contributed by atoms with Crippen molar-refractivity contribution in [1.29, 1.82) is 0 Å². The quantitative estimate of drug-likeness (QED) is 0.873. The topological polar surface area (TPSA) is 68.0 Å². The van der Waals surface area contributed by atoms with Gasteiger partial charge >= 0.3 is 0 Å². The number of aromatic nitrogens is 1. The molecule has 0 saturated heterocycles. The molecule has 1 amide bonds. The zero-order valence-electron chi connectivity index (χ0n) is 9.77. The van der Waals surface area contributed by atoms with Gasteiger partial charge in [0, 0.05) is 18.1 Å². The minimum atomic E-state index is -0.322. The van der Waals surface area contributed by atoms with Gasteiger partial charge in [-0.1, -0.05) is 23.7 Å². The second-order valence-electron chi connectivity index (χ2n) is 3.85. The number of anilines is 2. The van der Waals surface area contributed by atoms with Gasteiger partial charge in [0.15, 0.2) is 0 Å². The normalized spacial score (nSPS) is 10.1. The van der Waals surface area contributed by atoms with Gasteiger partial charge in [-0.05, 0) is 24.6 Å². The van der Waals surface area contributed by atoms with E-state index in [0.717, 1.165) is 5.56 Å². The number of nitrogens with two attached hydrogens (primary N) is 1. The van der Waals surface area contributed by atoms with E-state index in [1.165, 1.54) is 12.4 Å². The molecule has 3 N–H and O–H groups in total. The molecule has 0 aliphatic heterocycles. The molecule has 0 fully saturated rings. The van der Waals surface area contributed by atoms with Crippen LogP contribution in [0.15, 0.2) is 36.7 Å². The molecular weight excluding hydrogens is 250 g/mol. The monoisotopic (exact) mass is 261 g/mol. The van der Waals surface area contributed by atoms with E-state index >= 15 is 0 Å². The Morgan fingerprint density at radius 1 is 1.39 bits per heavy atom. The molecule has 1 aromatic carbocycles. The number of hydrogen-bond acceptors (Lipinski definition) is 3. The first kappa shape index (κ1) is 12.4. The summed E-state index contributed by atoms with van der Waals surface area (Å²) in [6.07, 6.45) is 2.96. The molecule has 0 atom stereocenters. The van der Waals surface area contributed by atoms with Crippen LogP contribution in [0.1, 0.15) is 15.9 Å². The second-order valence-corrected chi connectivity index (χ2v) is 4.26. The molecule has 0 saturated carbocycles. The number of para-hydroxylation sites is 1. The molecule has 4 nitrogen and oxygen atoms in total. The van der Waals surface area contributed by atoms with Gasteiger partial charge in [-0.25, -0.2) is 0 Å². The Kier molecular flexibility index (Phi) is 3.48. The lowest BCUT2D eigenvalue weighted by molar-refractivity contribution is 0.102. The van der Waals surface area contributed by atoms with Crippen LogP contribution in [0.3, 0.4) is 0 Å². The fraction of sp³-hybridized carbons (Fsp3) is 0.0769. The summed E-state index contributed by atoms with van der Waals surface area (Å²) >= 11 is 6.04. The molecule has 2 rings (SSSR count). The zero-order valence-corrected chi connectivity index (χ0v) is 10.5. The predicted molar refractivity (Wildman–Crippen MR) is 72.8 cm³/mol. The number of halogens is 1. The lowest BCUT2D eigenvalue weighted by atomic mass is 10.1. The Morgan fingerprint density at radius 2 is 2.17 bits per heavy atom. The number of nitrogen functional groups attached to an aromatic ring is 1. The van der Waals surface area contributed by atoms with E-state index in [1.54, 1.807) is 12.1 Å². The predicted octanol–water partition coefficient (Wildman–Crippen LogP) is 2.88. The largest absolute Gasteiger partial charge is 0.398 e. The first-order chi connectivity index (χ1) is 8.59. The number of amides is 1. The maximum absolute atomic E-state index is 12.0. The Bertz CT molecular complexity index is 578. The summed E-state index contributed by atoms with van der Waals surface area (Å²) in [5, 5.41) is 3.24. The van der Waals surface area contributed by atoms with Crippen molar-refractivity contribution >= 4 is 28.9 Å². The van der Waals surface area contributed by atoms with Crippen LogP contribution in [0.2, 0.25) is 5.02 Å². The third-order valence-electron chi connectivity index (χ3n) is 2.56. The Hall–Kier alpha value is -2.07. The Balaban J connectivity index is 2.30. The fourth-order valence-electron chi connectivity index (χ4n) is 1.57. The number of rotatable bonds is 2. The van der Waals surface area contributed by atoms with Crippen LogP contribution in [-0.4, -0.2) is 10.9 Å². The van der Waals surface area contributed by atoms with E-state index < -0.39 is 0 Å². The van der Waals surface area contributed by atoms with E-state index in [2.05, 4.69) is 10.3 Å². The van der Waals surface area contributed by atoms with Crippen LogP contribution in [0.4, 0.5) is 11.4 Å². The van der Waals surface area contributed by atoms with Gasteiger partial charge in [-0.15, -0.1) is 0 Å². The average molecular weight is 262 g/mol. The van der Waals surface area contributed by atoms with Crippen molar-refractivity contribution in [2.24, 2.45) is 0 Å². The standard InChI is InChI=1S/C13H12ClN3O/c1-8-3-2-4-10(14)12(8)17-13(18)9-7-16-6-5-11(9)15/h2-7H,1H3,(H2,15,16)(H,17,18). The molecule has 18 heavy (non-hydrogen) atoms. The molecule has 1 heterocycles. The maximum Gasteiger partial charge on any atom is 0.259 e. The van der Waals surface area contributed by atoms with Crippen molar-refractivity contribution in [2.75, 3.05) is 11.1 Å². The van der Waals surface area contributed by atoms with Crippen LogP contribution in [0, 0.1) is 6.92 Å². The number of carbonyl (C=O) groups is 1. The highest BCUT2D eigenvalue weighted by Crippen LogP contribution is 2.26. The molecule has 0 radical (unpaired) electrons. The molecule has 92 valence electrons. The van der Waals surface area contributed by atoms with Gasteiger partial charge in [0.25, 0.3) is 5.91 Å². The van der Waals surface area contributed by atoms with Gasteiger partial charge < -0.3 is 11.1 Å². The highest BCUT2D eigenvalue weighted by Gasteiger charge is 2.12. The summed E-state index contributed by atoms with van der Waals surface area (Å²) in [7, 11) is 0. The molecule has 0 aliphatic rings. The van der Waals surface area contributed by atoms with Gasteiger partial charge in [0.1, 0.15) is 0 Å². The lowest BCUT2D eigenvalue weighted by Crippen LogP contribution is -2.15. The van der Waals surface area contributed by atoms with Gasteiger partial charge in [0.2, 0.25) is 0 Å². The number of pyridine rings is 1. The molecule has 0 spiro atoms. The minimum Gasteiger partial charge on any atom is -0.398 e. The summed E-state index contributed by atoms with van der Waals surface area (Å²) in [6, 6.07) is 6.99. The van der Waals surface area contributed by atoms with E-state index in [9.17, 15) is 4.79 Å². The highest BCUT2D eigenvalue weighted by atomic mass is 35.5. The molecule has 1 aromatic heterocycles. The van der Waals surface area contributed by atoms with Crippen LogP contribution < -0.4 is 11.1 Å². The van der Waals surface area contributed by atoms with Crippen molar-refractivity contribution in [3.05, 3.63) is 52.8 Å². The molecule has 0 bridgehead atoms. The van der Waals surface area contributed by atoms with Crippen molar-refractivity contribution in [3.63, 3.8) is 0 Å². The van der Waals surface area contributed by atoms with Crippen molar-refractivity contribution in [1.82, 2.24) is 4.98 Å². The molecular formula is C13H12ClN3O. The van der Waals surface area contributed by atoms with Gasteiger partial charge in [-0.2, -0.15) is 0 Å². The number of nitrogens with one attached hydrogen (secondary N) is 1. The van der Waals surface area contributed by atoms with Crippen LogP contribution in [-0.2, 0) is 0 Å². The van der Waals surface area contributed by atoms with Crippen LogP contribution in [0.25, 0.3) is 0 Å². The molecule has 0 unspecified atom stereocenters. The fourth-order valence-corrected chi connectivity index (χ4v) is 1.84. The lowest BCUT2D eigenvalue weighted by Gasteiger charge is -2.11. The molecule has 0 aliphatic carbocycles. The number of hydrogen-bond donors (Lipinski definition) is 2. The summed E-state index contributed by atoms with van der Waals surface area (Å²) in [5.41, 5.74) is 7.91. The third kappa shape index (κ3) is 2.43. The van der Waals surface area contributed by atoms with Gasteiger partial charge in [-0.3, -0.25) is 9.78 Å². The first-order valence-corrected chi connectivity index (χ1v) is 5.73. The molecule has 2 aromatic rings. The van der Waals surface area contributed by atoms with E-state index in [1.807, 2.05) is 19.1 Å². The van der Waals surface area contributed by atoms with Crippen molar-refractivity contribution in [3.8, 4) is 0 Å². The highest BCUT2D eigenvalue weighted by molar-refractivity contribution is 6.34.